The second-order valence-corrected chi connectivity index (χ2v) is 8.99. The number of carbonyl (C=O) groups is 1. The third-order valence-corrected chi connectivity index (χ3v) is 7.19. The van der Waals surface area contributed by atoms with Crippen molar-refractivity contribution in [2.24, 2.45) is 5.10 Å². The Labute approximate surface area is 191 Å². The molecule has 0 aromatic heterocycles. The molecular formula is C23H23Cl2N3O3. The van der Waals surface area contributed by atoms with Crippen LogP contribution in [0.1, 0.15) is 43.4 Å². The highest BCUT2D eigenvalue weighted by atomic mass is 35.5. The third-order valence-electron chi connectivity index (χ3n) is 6.45. The molecule has 1 atom stereocenters. The van der Waals surface area contributed by atoms with Gasteiger partial charge in [-0.25, -0.2) is 5.01 Å². The fourth-order valence-corrected chi connectivity index (χ4v) is 5.08. The second-order valence-electron chi connectivity index (χ2n) is 8.17. The van der Waals surface area contributed by atoms with Crippen molar-refractivity contribution in [3.05, 3.63) is 57.6 Å². The molecule has 5 rings (SSSR count). The molecule has 0 saturated carbocycles. The molecular weight excluding hydrogens is 437 g/mol. The van der Waals surface area contributed by atoms with Gasteiger partial charge in [0, 0.05) is 44.8 Å². The largest absolute Gasteiger partial charge is 0.493 e. The number of fused-ring (bicyclic) bond motifs is 4. The number of methoxy groups -OCH3 is 1. The predicted molar refractivity (Wildman–Crippen MR) is 120 cm³/mol. The van der Waals surface area contributed by atoms with E-state index in [1.165, 1.54) is 0 Å². The molecule has 3 aliphatic heterocycles. The van der Waals surface area contributed by atoms with E-state index < -0.39 is 5.72 Å². The standard InChI is InChI=1S/C23H23Cl2N3O3/c1-14(29)27-10-8-23(9-11-27)28-20(16-4-3-5-21(30-2)22(16)31-23)13-19(26-28)15-6-7-17(24)18(25)12-15/h3-7,12,20H,8-11,13H2,1-2H3/t20-/m1/s1. The van der Waals surface area contributed by atoms with Crippen LogP contribution in [0.15, 0.2) is 41.5 Å². The monoisotopic (exact) mass is 459 g/mol. The molecule has 0 N–H and O–H groups in total. The van der Waals surface area contributed by atoms with Crippen LogP contribution in [-0.2, 0) is 4.79 Å². The van der Waals surface area contributed by atoms with E-state index in [-0.39, 0.29) is 11.9 Å². The molecule has 0 bridgehead atoms. The van der Waals surface area contributed by atoms with E-state index in [1.54, 1.807) is 20.1 Å². The molecule has 1 spiro atoms. The van der Waals surface area contributed by atoms with Crippen LogP contribution in [0.4, 0.5) is 0 Å². The number of nitrogens with zero attached hydrogens (tertiary/aromatic N) is 3. The Kier molecular flexibility index (Phi) is 5.02. The van der Waals surface area contributed by atoms with Gasteiger partial charge in [-0.1, -0.05) is 41.4 Å². The third kappa shape index (κ3) is 3.33. The second kappa shape index (κ2) is 7.61. The zero-order valence-electron chi connectivity index (χ0n) is 17.4. The molecule has 1 fully saturated rings. The number of likely N-dealkylation sites (tertiary alicyclic amines) is 1. The topological polar surface area (TPSA) is 54.4 Å². The lowest BCUT2D eigenvalue weighted by Crippen LogP contribution is -2.59. The number of benzene rings is 2. The van der Waals surface area contributed by atoms with Gasteiger partial charge in [-0.2, -0.15) is 5.10 Å². The Morgan fingerprint density at radius 1 is 1.19 bits per heavy atom. The number of amides is 1. The number of ether oxygens (including phenoxy) is 2. The van der Waals surface area contributed by atoms with Crippen LogP contribution in [0.25, 0.3) is 0 Å². The van der Waals surface area contributed by atoms with Gasteiger partial charge in [0.2, 0.25) is 11.6 Å². The highest BCUT2D eigenvalue weighted by molar-refractivity contribution is 6.42. The first-order chi connectivity index (χ1) is 14.9. The van der Waals surface area contributed by atoms with Crippen LogP contribution >= 0.6 is 23.2 Å². The average Bonchev–Trinajstić information content (AvgIpc) is 3.23. The minimum Gasteiger partial charge on any atom is -0.493 e. The van der Waals surface area contributed by atoms with Crippen molar-refractivity contribution in [2.75, 3.05) is 20.2 Å². The highest BCUT2D eigenvalue weighted by Gasteiger charge is 2.52. The summed E-state index contributed by atoms with van der Waals surface area (Å²) < 4.78 is 12.3. The Bertz CT molecular complexity index is 1080. The summed E-state index contributed by atoms with van der Waals surface area (Å²) in [5.74, 6) is 1.57. The van der Waals surface area contributed by atoms with Gasteiger partial charge in [0.25, 0.3) is 0 Å². The van der Waals surface area contributed by atoms with Crippen LogP contribution in [0.3, 0.4) is 0 Å². The summed E-state index contributed by atoms with van der Waals surface area (Å²) in [5.41, 5.74) is 2.31. The van der Waals surface area contributed by atoms with E-state index in [4.69, 9.17) is 37.8 Å². The van der Waals surface area contributed by atoms with Crippen LogP contribution < -0.4 is 9.47 Å². The van der Waals surface area contributed by atoms with E-state index >= 15 is 0 Å². The number of hydrogen-bond donors (Lipinski definition) is 0. The highest BCUT2D eigenvalue weighted by Crippen LogP contribution is 2.52. The Hall–Kier alpha value is -2.44. The van der Waals surface area contributed by atoms with Crippen molar-refractivity contribution in [1.82, 2.24) is 9.91 Å². The van der Waals surface area contributed by atoms with Gasteiger partial charge < -0.3 is 14.4 Å². The number of carbonyl (C=O) groups excluding carboxylic acids is 1. The molecule has 8 heteroatoms. The van der Waals surface area contributed by atoms with Crippen LogP contribution in [-0.4, -0.2) is 47.5 Å². The Morgan fingerprint density at radius 3 is 2.65 bits per heavy atom. The Morgan fingerprint density at radius 2 is 1.97 bits per heavy atom. The van der Waals surface area contributed by atoms with Gasteiger partial charge in [0.15, 0.2) is 11.5 Å². The summed E-state index contributed by atoms with van der Waals surface area (Å²) >= 11 is 12.4. The van der Waals surface area contributed by atoms with Crippen molar-refractivity contribution >= 4 is 34.8 Å². The lowest BCUT2D eigenvalue weighted by atomic mass is 9.90. The Balaban J connectivity index is 1.58. The summed E-state index contributed by atoms with van der Waals surface area (Å²) in [5, 5.41) is 8.16. The SMILES string of the molecule is COc1cccc2c1OC1(CCN(C(C)=O)CC1)N1N=C(c3ccc(Cl)c(Cl)c3)C[C@H]21. The maximum absolute atomic E-state index is 11.9. The van der Waals surface area contributed by atoms with Gasteiger partial charge in [-0.15, -0.1) is 0 Å². The van der Waals surface area contributed by atoms with E-state index in [9.17, 15) is 4.79 Å². The molecule has 31 heavy (non-hydrogen) atoms. The van der Waals surface area contributed by atoms with E-state index in [0.29, 0.717) is 41.7 Å². The fourth-order valence-electron chi connectivity index (χ4n) is 4.78. The van der Waals surface area contributed by atoms with Gasteiger partial charge in [0.05, 0.1) is 28.9 Å². The fraction of sp³-hybridized carbons (Fsp3) is 0.391. The molecule has 1 saturated heterocycles. The molecule has 0 unspecified atom stereocenters. The zero-order valence-corrected chi connectivity index (χ0v) is 18.9. The summed E-state index contributed by atoms with van der Waals surface area (Å²) in [7, 11) is 1.66. The van der Waals surface area contributed by atoms with Gasteiger partial charge >= 0.3 is 0 Å². The molecule has 2 aromatic carbocycles. The molecule has 6 nitrogen and oxygen atoms in total. The van der Waals surface area contributed by atoms with Crippen molar-refractivity contribution in [2.45, 2.75) is 38.0 Å². The number of halogens is 2. The van der Waals surface area contributed by atoms with Crippen molar-refractivity contribution < 1.29 is 14.3 Å². The number of hydrogen-bond acceptors (Lipinski definition) is 5. The normalized spacial score (nSPS) is 21.3. The summed E-state index contributed by atoms with van der Waals surface area (Å²) in [6.07, 6.45) is 2.05. The van der Waals surface area contributed by atoms with Gasteiger partial charge in [-0.3, -0.25) is 4.79 Å². The summed E-state index contributed by atoms with van der Waals surface area (Å²) in [4.78, 5) is 13.8. The molecule has 162 valence electrons. The molecule has 2 aromatic rings. The van der Waals surface area contributed by atoms with Crippen LogP contribution in [0, 0.1) is 0 Å². The maximum atomic E-state index is 11.9. The molecule has 0 radical (unpaired) electrons. The van der Waals surface area contributed by atoms with E-state index in [1.807, 2.05) is 29.2 Å². The average molecular weight is 460 g/mol. The van der Waals surface area contributed by atoms with Gasteiger partial charge in [0.1, 0.15) is 0 Å². The van der Waals surface area contributed by atoms with Crippen molar-refractivity contribution in [1.29, 1.82) is 0 Å². The molecule has 0 aliphatic carbocycles. The number of rotatable bonds is 2. The molecule has 3 aliphatic rings. The summed E-state index contributed by atoms with van der Waals surface area (Å²) in [6, 6.07) is 11.6. The first-order valence-corrected chi connectivity index (χ1v) is 11.1. The smallest absolute Gasteiger partial charge is 0.219 e. The van der Waals surface area contributed by atoms with Crippen molar-refractivity contribution in [3.8, 4) is 11.5 Å². The number of hydrazone groups is 1. The van der Waals surface area contributed by atoms with E-state index in [2.05, 4.69) is 11.1 Å². The molecule has 3 heterocycles. The maximum Gasteiger partial charge on any atom is 0.219 e. The van der Waals surface area contributed by atoms with E-state index in [0.717, 1.165) is 29.0 Å². The summed E-state index contributed by atoms with van der Waals surface area (Å²) in [6.45, 7) is 2.86. The van der Waals surface area contributed by atoms with Crippen molar-refractivity contribution in [3.63, 3.8) is 0 Å². The number of para-hydroxylation sites is 1. The lowest BCUT2D eigenvalue weighted by Gasteiger charge is -2.51. The quantitative estimate of drug-likeness (QED) is 0.641. The number of piperidine rings is 1. The molecule has 1 amide bonds. The predicted octanol–water partition coefficient (Wildman–Crippen LogP) is 4.88. The first-order valence-electron chi connectivity index (χ1n) is 10.4. The minimum atomic E-state index is -0.629. The first kappa shape index (κ1) is 20.5. The minimum absolute atomic E-state index is 0.0205. The lowest BCUT2D eigenvalue weighted by molar-refractivity contribution is -0.159. The van der Waals surface area contributed by atoms with Gasteiger partial charge in [-0.05, 0) is 23.8 Å². The zero-order chi connectivity index (χ0) is 21.8. The van der Waals surface area contributed by atoms with Crippen LogP contribution in [0.2, 0.25) is 10.0 Å². The van der Waals surface area contributed by atoms with Crippen LogP contribution in [0.5, 0.6) is 11.5 Å².